The Balaban J connectivity index is 1.97. The second-order valence-corrected chi connectivity index (χ2v) is 3.87. The van der Waals surface area contributed by atoms with Gasteiger partial charge in [-0.3, -0.25) is 4.98 Å². The van der Waals surface area contributed by atoms with Crippen molar-refractivity contribution in [2.24, 2.45) is 0 Å². The zero-order valence-corrected chi connectivity index (χ0v) is 9.50. The Hall–Kier alpha value is -1.71. The Morgan fingerprint density at radius 3 is 2.81 bits per heavy atom. The van der Waals surface area contributed by atoms with Gasteiger partial charge in [-0.15, -0.1) is 5.10 Å². The summed E-state index contributed by atoms with van der Waals surface area (Å²) < 4.78 is 1.88. The molecule has 4 heteroatoms. The number of aromatic nitrogens is 4. The fourth-order valence-electron chi connectivity index (χ4n) is 1.56. The van der Waals surface area contributed by atoms with Crippen molar-refractivity contribution < 1.29 is 0 Å². The number of rotatable bonds is 5. The molecule has 2 aromatic heterocycles. The first kappa shape index (κ1) is 10.8. The van der Waals surface area contributed by atoms with E-state index in [9.17, 15) is 0 Å². The maximum absolute atomic E-state index is 4.15. The van der Waals surface area contributed by atoms with Gasteiger partial charge in [-0.1, -0.05) is 18.6 Å². The minimum absolute atomic E-state index is 0.766. The van der Waals surface area contributed by atoms with E-state index in [0.717, 1.165) is 18.7 Å². The molecule has 0 amide bonds. The molecule has 0 atom stereocenters. The molecule has 0 spiro atoms. The predicted molar refractivity (Wildman–Crippen MR) is 62.0 cm³/mol. The van der Waals surface area contributed by atoms with Crippen LogP contribution < -0.4 is 0 Å². The normalized spacial score (nSPS) is 10.6. The minimum Gasteiger partial charge on any atom is -0.265 e. The van der Waals surface area contributed by atoms with E-state index in [-0.39, 0.29) is 0 Å². The van der Waals surface area contributed by atoms with Gasteiger partial charge in [-0.05, 0) is 30.5 Å². The van der Waals surface area contributed by atoms with Crippen molar-refractivity contribution >= 4 is 0 Å². The van der Waals surface area contributed by atoms with Crippen LogP contribution in [0.25, 0.3) is 0 Å². The maximum atomic E-state index is 4.15. The van der Waals surface area contributed by atoms with Crippen LogP contribution in [0, 0.1) is 0 Å². The number of unbranched alkanes of at least 4 members (excludes halogenated alkanes) is 1. The first-order valence-corrected chi connectivity index (χ1v) is 5.66. The van der Waals surface area contributed by atoms with Gasteiger partial charge in [0.1, 0.15) is 0 Å². The van der Waals surface area contributed by atoms with E-state index in [1.54, 1.807) is 12.4 Å². The molecule has 84 valence electrons. The zero-order chi connectivity index (χ0) is 11.2. The Kier molecular flexibility index (Phi) is 3.64. The number of hydrogen-bond acceptors (Lipinski definition) is 3. The Bertz CT molecular complexity index is 422. The van der Waals surface area contributed by atoms with Crippen molar-refractivity contribution in [2.75, 3.05) is 0 Å². The summed E-state index contributed by atoms with van der Waals surface area (Å²) in [5, 5.41) is 8.26. The number of pyridine rings is 1. The van der Waals surface area contributed by atoms with E-state index >= 15 is 0 Å². The van der Waals surface area contributed by atoms with Crippen LogP contribution in [0.1, 0.15) is 31.0 Å². The summed E-state index contributed by atoms with van der Waals surface area (Å²) in [5.74, 6) is 0. The number of aryl methyl sites for hydroxylation is 1. The molecule has 0 N–H and O–H groups in total. The summed E-state index contributed by atoms with van der Waals surface area (Å²) in [7, 11) is 0. The van der Waals surface area contributed by atoms with Gasteiger partial charge in [0.15, 0.2) is 0 Å². The van der Waals surface area contributed by atoms with Crippen molar-refractivity contribution in [1.29, 1.82) is 0 Å². The van der Waals surface area contributed by atoms with Crippen LogP contribution in [0.3, 0.4) is 0 Å². The maximum Gasteiger partial charge on any atom is 0.0827 e. The highest BCUT2D eigenvalue weighted by Crippen LogP contribution is 2.03. The molecule has 0 aromatic carbocycles. The fraction of sp³-hybridized carbons (Fsp3) is 0.417. The molecule has 16 heavy (non-hydrogen) atoms. The lowest BCUT2D eigenvalue weighted by atomic mass is 10.2. The van der Waals surface area contributed by atoms with Gasteiger partial charge in [0.2, 0.25) is 0 Å². The largest absolute Gasteiger partial charge is 0.265 e. The molecule has 2 rings (SSSR count). The molecule has 0 aliphatic carbocycles. The lowest BCUT2D eigenvalue weighted by molar-refractivity contribution is 0.648. The second kappa shape index (κ2) is 5.39. The van der Waals surface area contributed by atoms with E-state index < -0.39 is 0 Å². The first-order chi connectivity index (χ1) is 7.88. The minimum atomic E-state index is 0.766. The van der Waals surface area contributed by atoms with Crippen molar-refractivity contribution in [3.05, 3.63) is 42.0 Å². The van der Waals surface area contributed by atoms with Crippen molar-refractivity contribution in [2.45, 2.75) is 32.7 Å². The zero-order valence-electron chi connectivity index (χ0n) is 9.50. The third-order valence-electron chi connectivity index (χ3n) is 2.47. The van der Waals surface area contributed by atoms with Crippen LogP contribution in [-0.2, 0) is 13.0 Å². The van der Waals surface area contributed by atoms with Gasteiger partial charge >= 0.3 is 0 Å². The molecule has 0 aliphatic rings. The highest BCUT2D eigenvalue weighted by Gasteiger charge is 2.00. The smallest absolute Gasteiger partial charge is 0.0827 e. The number of hydrogen-bond donors (Lipinski definition) is 0. The van der Waals surface area contributed by atoms with Gasteiger partial charge in [0.05, 0.1) is 12.2 Å². The lowest BCUT2D eigenvalue weighted by Gasteiger charge is -1.98. The molecular weight excluding hydrogens is 200 g/mol. The van der Waals surface area contributed by atoms with E-state index in [0.29, 0.717) is 0 Å². The summed E-state index contributed by atoms with van der Waals surface area (Å²) in [6.07, 6.45) is 9.00. The SMILES string of the molecule is CCCCc1cn(Cc2ccncc2)nn1. The monoisotopic (exact) mass is 216 g/mol. The van der Waals surface area contributed by atoms with Crippen LogP contribution in [0.2, 0.25) is 0 Å². The average Bonchev–Trinajstić information content (AvgIpc) is 2.75. The summed E-state index contributed by atoms with van der Waals surface area (Å²) in [6.45, 7) is 2.95. The Morgan fingerprint density at radius 1 is 1.25 bits per heavy atom. The summed E-state index contributed by atoms with van der Waals surface area (Å²) in [5.41, 5.74) is 2.28. The summed E-state index contributed by atoms with van der Waals surface area (Å²) in [4.78, 5) is 3.99. The van der Waals surface area contributed by atoms with Gasteiger partial charge < -0.3 is 0 Å². The molecule has 0 saturated carbocycles. The fourth-order valence-corrected chi connectivity index (χ4v) is 1.56. The molecule has 0 saturated heterocycles. The van der Waals surface area contributed by atoms with E-state index in [1.807, 2.05) is 23.0 Å². The highest BCUT2D eigenvalue weighted by molar-refractivity contribution is 5.10. The lowest BCUT2D eigenvalue weighted by Crippen LogP contribution is -2.00. The Morgan fingerprint density at radius 2 is 2.06 bits per heavy atom. The summed E-state index contributed by atoms with van der Waals surface area (Å²) >= 11 is 0. The van der Waals surface area contributed by atoms with Gasteiger partial charge in [0, 0.05) is 18.6 Å². The van der Waals surface area contributed by atoms with Crippen molar-refractivity contribution in [3.8, 4) is 0 Å². The molecule has 0 fully saturated rings. The molecule has 2 aromatic rings. The van der Waals surface area contributed by atoms with Crippen LogP contribution in [-0.4, -0.2) is 20.0 Å². The third-order valence-corrected chi connectivity index (χ3v) is 2.47. The van der Waals surface area contributed by atoms with E-state index in [4.69, 9.17) is 0 Å². The molecule has 0 unspecified atom stereocenters. The van der Waals surface area contributed by atoms with E-state index in [2.05, 4.69) is 22.2 Å². The second-order valence-electron chi connectivity index (χ2n) is 3.87. The molecule has 2 heterocycles. The van der Waals surface area contributed by atoms with Crippen LogP contribution in [0.15, 0.2) is 30.7 Å². The van der Waals surface area contributed by atoms with Gasteiger partial charge in [0.25, 0.3) is 0 Å². The number of nitrogens with zero attached hydrogens (tertiary/aromatic N) is 4. The first-order valence-electron chi connectivity index (χ1n) is 5.66. The molecular formula is C12H16N4. The molecule has 0 bridgehead atoms. The van der Waals surface area contributed by atoms with Crippen molar-refractivity contribution in [3.63, 3.8) is 0 Å². The van der Waals surface area contributed by atoms with Crippen LogP contribution in [0.4, 0.5) is 0 Å². The van der Waals surface area contributed by atoms with Gasteiger partial charge in [-0.25, -0.2) is 4.68 Å². The predicted octanol–water partition coefficient (Wildman–Crippen LogP) is 2.06. The third kappa shape index (κ3) is 2.89. The molecule has 4 nitrogen and oxygen atoms in total. The molecule has 0 aliphatic heterocycles. The highest BCUT2D eigenvalue weighted by atomic mass is 15.4. The van der Waals surface area contributed by atoms with Gasteiger partial charge in [-0.2, -0.15) is 0 Å². The summed E-state index contributed by atoms with van der Waals surface area (Å²) in [6, 6.07) is 3.99. The van der Waals surface area contributed by atoms with Crippen LogP contribution in [0.5, 0.6) is 0 Å². The van der Waals surface area contributed by atoms with Crippen molar-refractivity contribution in [1.82, 2.24) is 20.0 Å². The standard InChI is InChI=1S/C12H16N4/c1-2-3-4-12-10-16(15-14-12)9-11-5-7-13-8-6-11/h5-8,10H,2-4,9H2,1H3. The molecule has 0 radical (unpaired) electrons. The Labute approximate surface area is 95.3 Å². The van der Waals surface area contributed by atoms with E-state index in [1.165, 1.54) is 18.4 Å². The topological polar surface area (TPSA) is 43.6 Å². The van der Waals surface area contributed by atoms with Crippen LogP contribution >= 0.6 is 0 Å². The average molecular weight is 216 g/mol. The quantitative estimate of drug-likeness (QED) is 0.768.